The molecule has 2 heterocycles. The molecule has 0 aliphatic rings. The van der Waals surface area contributed by atoms with Gasteiger partial charge in [0, 0.05) is 24.7 Å². The minimum Gasteiger partial charge on any atom is -0.496 e. The third kappa shape index (κ3) is 4.70. The van der Waals surface area contributed by atoms with Gasteiger partial charge in [0.2, 0.25) is 5.91 Å². The van der Waals surface area contributed by atoms with Crippen molar-refractivity contribution in [3.8, 4) is 28.8 Å². The van der Waals surface area contributed by atoms with E-state index in [9.17, 15) is 4.79 Å². The number of rotatable bonds is 10. The van der Waals surface area contributed by atoms with Gasteiger partial charge in [-0.25, -0.2) is 0 Å². The summed E-state index contributed by atoms with van der Waals surface area (Å²) in [4.78, 5) is 12.4. The molecule has 1 N–H and O–H groups in total. The van der Waals surface area contributed by atoms with E-state index in [0.29, 0.717) is 47.1 Å². The predicted octanol–water partition coefficient (Wildman–Crippen LogP) is 2.99. The zero-order chi connectivity index (χ0) is 21.5. The van der Waals surface area contributed by atoms with E-state index in [1.807, 2.05) is 17.6 Å². The van der Waals surface area contributed by atoms with Gasteiger partial charge in [-0.05, 0) is 25.1 Å². The summed E-state index contributed by atoms with van der Waals surface area (Å²) in [5.74, 6) is 3.08. The molecule has 0 spiro atoms. The number of methoxy groups -OCH3 is 3. The number of thioether (sulfide) groups is 1. The summed E-state index contributed by atoms with van der Waals surface area (Å²) in [6, 6.07) is 7.14. The fourth-order valence-corrected chi connectivity index (χ4v) is 3.71. The van der Waals surface area contributed by atoms with Crippen LogP contribution in [-0.2, 0) is 17.9 Å². The molecule has 3 rings (SSSR count). The van der Waals surface area contributed by atoms with Crippen LogP contribution in [0.2, 0.25) is 0 Å². The summed E-state index contributed by atoms with van der Waals surface area (Å²) >= 11 is 1.32. The Morgan fingerprint density at radius 3 is 2.50 bits per heavy atom. The van der Waals surface area contributed by atoms with Crippen molar-refractivity contribution in [2.45, 2.75) is 25.2 Å². The summed E-state index contributed by atoms with van der Waals surface area (Å²) in [6.07, 6.45) is 1.59. The summed E-state index contributed by atoms with van der Waals surface area (Å²) < 4.78 is 23.3. The van der Waals surface area contributed by atoms with E-state index in [4.69, 9.17) is 18.6 Å². The molecule has 0 radical (unpaired) electrons. The number of ether oxygens (including phenoxy) is 3. The molecule has 0 fully saturated rings. The fraction of sp³-hybridized carbons (Fsp3) is 0.350. The molecule has 2 aromatic heterocycles. The number of amides is 1. The van der Waals surface area contributed by atoms with Crippen molar-refractivity contribution in [1.29, 1.82) is 0 Å². The minimum absolute atomic E-state index is 0.137. The first-order chi connectivity index (χ1) is 14.6. The Labute approximate surface area is 178 Å². The third-order valence-electron chi connectivity index (χ3n) is 4.37. The molecule has 0 saturated heterocycles. The van der Waals surface area contributed by atoms with Gasteiger partial charge in [0.1, 0.15) is 5.75 Å². The Hall–Kier alpha value is -3.14. The number of carbonyl (C=O) groups is 1. The van der Waals surface area contributed by atoms with Crippen LogP contribution in [0.15, 0.2) is 40.1 Å². The molecule has 160 valence electrons. The number of aromatic nitrogens is 3. The fourth-order valence-electron chi connectivity index (χ4n) is 2.87. The topological polar surface area (TPSA) is 101 Å². The van der Waals surface area contributed by atoms with Crippen LogP contribution in [0.1, 0.15) is 12.5 Å². The molecule has 10 heteroatoms. The lowest BCUT2D eigenvalue weighted by Gasteiger charge is -2.14. The first-order valence-electron chi connectivity index (χ1n) is 9.26. The molecule has 0 aliphatic heterocycles. The Bertz CT molecular complexity index is 988. The maximum absolute atomic E-state index is 12.4. The summed E-state index contributed by atoms with van der Waals surface area (Å²) in [6.45, 7) is 2.94. The van der Waals surface area contributed by atoms with Crippen molar-refractivity contribution in [3.05, 3.63) is 36.1 Å². The molecular formula is C20H24N4O5S. The zero-order valence-corrected chi connectivity index (χ0v) is 18.1. The van der Waals surface area contributed by atoms with E-state index in [1.165, 1.54) is 11.8 Å². The first-order valence-corrected chi connectivity index (χ1v) is 10.2. The smallest absolute Gasteiger partial charge is 0.230 e. The van der Waals surface area contributed by atoms with Crippen LogP contribution < -0.4 is 19.5 Å². The highest BCUT2D eigenvalue weighted by Gasteiger charge is 2.17. The molecule has 9 nitrogen and oxygen atoms in total. The molecule has 0 bridgehead atoms. The molecule has 0 aliphatic carbocycles. The lowest BCUT2D eigenvalue weighted by Crippen LogP contribution is -2.25. The average molecular weight is 433 g/mol. The van der Waals surface area contributed by atoms with Gasteiger partial charge in [-0.1, -0.05) is 11.8 Å². The standard InChI is InChI=1S/C20H24N4O5S/c1-5-24-19(14-7-6-8-29-14)22-23-20(24)30-12-18(25)21-11-13-9-16(27-3)17(28-4)10-15(13)26-2/h6-10H,5,11-12H2,1-4H3,(H,21,25). The van der Waals surface area contributed by atoms with Crippen LogP contribution in [0.5, 0.6) is 17.2 Å². The molecule has 3 aromatic rings. The van der Waals surface area contributed by atoms with Gasteiger partial charge in [-0.3, -0.25) is 9.36 Å². The second-order valence-electron chi connectivity index (χ2n) is 6.11. The Morgan fingerprint density at radius 1 is 1.13 bits per heavy atom. The van der Waals surface area contributed by atoms with E-state index in [-0.39, 0.29) is 11.7 Å². The summed E-state index contributed by atoms with van der Waals surface area (Å²) in [5.41, 5.74) is 0.783. The van der Waals surface area contributed by atoms with Crippen LogP contribution in [-0.4, -0.2) is 47.8 Å². The minimum atomic E-state index is -0.137. The molecule has 1 amide bonds. The number of carbonyl (C=O) groups excluding carboxylic acids is 1. The zero-order valence-electron chi connectivity index (χ0n) is 17.3. The quantitative estimate of drug-likeness (QED) is 0.488. The number of hydrogen-bond donors (Lipinski definition) is 1. The van der Waals surface area contributed by atoms with Crippen LogP contribution in [0.25, 0.3) is 11.6 Å². The molecule has 30 heavy (non-hydrogen) atoms. The Kier molecular flexibility index (Phi) is 7.23. The first kappa shape index (κ1) is 21.6. The van der Waals surface area contributed by atoms with Crippen molar-refractivity contribution < 1.29 is 23.4 Å². The van der Waals surface area contributed by atoms with Crippen LogP contribution in [0.3, 0.4) is 0 Å². The highest BCUT2D eigenvalue weighted by Crippen LogP contribution is 2.34. The third-order valence-corrected chi connectivity index (χ3v) is 5.34. The van der Waals surface area contributed by atoms with Crippen LogP contribution in [0.4, 0.5) is 0 Å². The second-order valence-corrected chi connectivity index (χ2v) is 7.05. The van der Waals surface area contributed by atoms with Crippen LogP contribution >= 0.6 is 11.8 Å². The highest BCUT2D eigenvalue weighted by molar-refractivity contribution is 7.99. The highest BCUT2D eigenvalue weighted by atomic mass is 32.2. The van der Waals surface area contributed by atoms with Crippen molar-refractivity contribution in [1.82, 2.24) is 20.1 Å². The lowest BCUT2D eigenvalue weighted by atomic mass is 10.1. The van der Waals surface area contributed by atoms with E-state index >= 15 is 0 Å². The molecule has 1 aromatic carbocycles. The normalized spacial score (nSPS) is 10.7. The van der Waals surface area contributed by atoms with Gasteiger partial charge in [0.05, 0.1) is 33.3 Å². The number of nitrogens with one attached hydrogen (secondary N) is 1. The van der Waals surface area contributed by atoms with Gasteiger partial charge in [0.15, 0.2) is 28.2 Å². The molecule has 0 atom stereocenters. The van der Waals surface area contributed by atoms with E-state index < -0.39 is 0 Å². The van der Waals surface area contributed by atoms with Crippen LogP contribution in [0, 0.1) is 0 Å². The predicted molar refractivity (Wildman–Crippen MR) is 112 cm³/mol. The van der Waals surface area contributed by atoms with Gasteiger partial charge in [-0.15, -0.1) is 10.2 Å². The SMILES string of the molecule is CCn1c(SCC(=O)NCc2cc(OC)c(OC)cc2OC)nnc1-c1ccco1. The average Bonchev–Trinajstić information content (AvgIpc) is 3.44. The monoisotopic (exact) mass is 432 g/mol. The number of furan rings is 1. The van der Waals surface area contributed by atoms with E-state index in [0.717, 1.165) is 5.56 Å². The summed E-state index contributed by atoms with van der Waals surface area (Å²) in [5, 5.41) is 11.9. The van der Waals surface area contributed by atoms with E-state index in [2.05, 4.69) is 15.5 Å². The molecule has 0 unspecified atom stereocenters. The Morgan fingerprint density at radius 2 is 1.87 bits per heavy atom. The summed E-state index contributed by atoms with van der Waals surface area (Å²) in [7, 11) is 4.68. The number of benzene rings is 1. The van der Waals surface area contributed by atoms with Crippen molar-refractivity contribution in [2.75, 3.05) is 27.1 Å². The van der Waals surface area contributed by atoms with Crippen molar-refractivity contribution in [3.63, 3.8) is 0 Å². The molecular weight excluding hydrogens is 408 g/mol. The van der Waals surface area contributed by atoms with Gasteiger partial charge < -0.3 is 23.9 Å². The van der Waals surface area contributed by atoms with Crippen molar-refractivity contribution >= 4 is 17.7 Å². The Balaban J connectivity index is 1.62. The maximum Gasteiger partial charge on any atom is 0.230 e. The molecule has 0 saturated carbocycles. The maximum atomic E-state index is 12.4. The number of hydrogen-bond acceptors (Lipinski definition) is 8. The lowest BCUT2D eigenvalue weighted by molar-refractivity contribution is -0.118. The van der Waals surface area contributed by atoms with Gasteiger partial charge in [0.25, 0.3) is 0 Å². The largest absolute Gasteiger partial charge is 0.496 e. The van der Waals surface area contributed by atoms with Gasteiger partial charge >= 0.3 is 0 Å². The van der Waals surface area contributed by atoms with Gasteiger partial charge in [-0.2, -0.15) is 0 Å². The van der Waals surface area contributed by atoms with E-state index in [1.54, 1.807) is 45.8 Å². The second kappa shape index (κ2) is 10.1. The van der Waals surface area contributed by atoms with Crippen molar-refractivity contribution in [2.24, 2.45) is 0 Å². The number of nitrogens with zero attached hydrogens (tertiary/aromatic N) is 3.